The van der Waals surface area contributed by atoms with Gasteiger partial charge in [0.15, 0.2) is 5.76 Å². The number of methoxy groups -OCH3 is 1. The number of hydrogen-bond acceptors (Lipinski definition) is 5. The van der Waals surface area contributed by atoms with Crippen LogP contribution in [-0.4, -0.2) is 31.0 Å². The van der Waals surface area contributed by atoms with Crippen LogP contribution in [0.25, 0.3) is 0 Å². The summed E-state index contributed by atoms with van der Waals surface area (Å²) in [5.74, 6) is 1.52. The van der Waals surface area contributed by atoms with E-state index in [0.717, 1.165) is 22.4 Å². The van der Waals surface area contributed by atoms with Crippen LogP contribution >= 0.6 is 0 Å². The molecule has 2 N–H and O–H groups in total. The fourth-order valence-corrected chi connectivity index (χ4v) is 3.58. The summed E-state index contributed by atoms with van der Waals surface area (Å²) < 4.78 is 17.2. The van der Waals surface area contributed by atoms with Crippen molar-refractivity contribution in [2.45, 2.75) is 44.7 Å². The van der Waals surface area contributed by atoms with E-state index in [1.54, 1.807) is 7.11 Å². The zero-order valence-corrected chi connectivity index (χ0v) is 17.8. The molecule has 1 saturated carbocycles. The summed E-state index contributed by atoms with van der Waals surface area (Å²) in [4.78, 5) is 12.7. The van der Waals surface area contributed by atoms with Crippen molar-refractivity contribution in [2.24, 2.45) is 5.92 Å². The van der Waals surface area contributed by atoms with Crippen molar-refractivity contribution in [3.63, 3.8) is 0 Å². The molecule has 2 aromatic rings. The van der Waals surface area contributed by atoms with Gasteiger partial charge < -0.3 is 24.6 Å². The molecule has 4 rings (SSSR count). The molecule has 6 nitrogen and oxygen atoms in total. The van der Waals surface area contributed by atoms with Gasteiger partial charge in [0, 0.05) is 18.9 Å². The number of aliphatic hydroxyl groups excluding tert-OH is 1. The van der Waals surface area contributed by atoms with Crippen LogP contribution in [-0.2, 0) is 27.5 Å². The summed E-state index contributed by atoms with van der Waals surface area (Å²) in [6.45, 7) is 1.07. The molecule has 1 amide bonds. The predicted molar refractivity (Wildman–Crippen MR) is 116 cm³/mol. The fourth-order valence-electron chi connectivity index (χ4n) is 3.58. The zero-order valence-electron chi connectivity index (χ0n) is 17.8. The Morgan fingerprint density at radius 3 is 2.45 bits per heavy atom. The molecule has 2 aromatic carbocycles. The zero-order chi connectivity index (χ0) is 21.6. The van der Waals surface area contributed by atoms with Crippen molar-refractivity contribution >= 4 is 5.91 Å². The second-order valence-electron chi connectivity index (χ2n) is 8.13. The van der Waals surface area contributed by atoms with E-state index in [-0.39, 0.29) is 18.4 Å². The number of benzene rings is 2. The van der Waals surface area contributed by atoms with E-state index in [2.05, 4.69) is 5.32 Å². The molecule has 1 heterocycles. The molecule has 1 aliphatic heterocycles. The Bertz CT molecular complexity index is 903. The Morgan fingerprint density at radius 1 is 1.10 bits per heavy atom. The van der Waals surface area contributed by atoms with E-state index < -0.39 is 6.29 Å². The molecule has 0 aromatic heterocycles. The van der Waals surface area contributed by atoms with Crippen LogP contribution in [0.1, 0.15) is 41.9 Å². The van der Waals surface area contributed by atoms with Crippen molar-refractivity contribution in [3.8, 4) is 5.75 Å². The van der Waals surface area contributed by atoms with Gasteiger partial charge in [-0.05, 0) is 53.7 Å². The first-order valence-corrected chi connectivity index (χ1v) is 10.8. The second-order valence-corrected chi connectivity index (χ2v) is 8.13. The van der Waals surface area contributed by atoms with Gasteiger partial charge in [-0.1, -0.05) is 36.4 Å². The SMILES string of the molecule is COc1ccc([C@H]2C=C(C(=O)NCC3CC3)O[C@@H](OCc3ccc(CO)cc3)C2)cc1. The molecule has 1 aliphatic carbocycles. The minimum Gasteiger partial charge on any atom is -0.497 e. The van der Waals surface area contributed by atoms with E-state index in [1.807, 2.05) is 54.6 Å². The lowest BCUT2D eigenvalue weighted by Gasteiger charge is -2.29. The largest absolute Gasteiger partial charge is 0.497 e. The molecule has 31 heavy (non-hydrogen) atoms. The summed E-state index contributed by atoms with van der Waals surface area (Å²) in [6, 6.07) is 15.5. The monoisotopic (exact) mass is 423 g/mol. The van der Waals surface area contributed by atoms with Crippen molar-refractivity contribution in [1.82, 2.24) is 5.32 Å². The Labute approximate surface area is 182 Å². The summed E-state index contributed by atoms with van der Waals surface area (Å²) in [6.07, 6.45) is 4.32. The number of amides is 1. The highest BCUT2D eigenvalue weighted by Gasteiger charge is 2.30. The Hall–Kier alpha value is -2.83. The van der Waals surface area contributed by atoms with Crippen LogP contribution in [0, 0.1) is 5.92 Å². The van der Waals surface area contributed by atoms with E-state index >= 15 is 0 Å². The van der Waals surface area contributed by atoms with Crippen molar-refractivity contribution in [2.75, 3.05) is 13.7 Å². The molecule has 0 bridgehead atoms. The topological polar surface area (TPSA) is 77.0 Å². The molecular formula is C25H29NO5. The van der Waals surface area contributed by atoms with Gasteiger partial charge in [-0.2, -0.15) is 0 Å². The normalized spacial score (nSPS) is 20.5. The summed E-state index contributed by atoms with van der Waals surface area (Å²) in [5, 5.41) is 12.2. The molecular weight excluding hydrogens is 394 g/mol. The summed E-state index contributed by atoms with van der Waals surface area (Å²) in [7, 11) is 1.64. The Balaban J connectivity index is 1.45. The summed E-state index contributed by atoms with van der Waals surface area (Å²) >= 11 is 0. The highest BCUT2D eigenvalue weighted by Crippen LogP contribution is 2.33. The molecule has 6 heteroatoms. The average Bonchev–Trinajstić information content (AvgIpc) is 3.66. The number of nitrogens with one attached hydrogen (secondary N) is 1. The molecule has 0 unspecified atom stereocenters. The first-order chi connectivity index (χ1) is 15.1. The van der Waals surface area contributed by atoms with Gasteiger partial charge in [0.05, 0.1) is 20.3 Å². The predicted octanol–water partition coefficient (Wildman–Crippen LogP) is 3.64. The average molecular weight is 424 g/mol. The minimum absolute atomic E-state index is 0.00287. The fraction of sp³-hybridized carbons (Fsp3) is 0.400. The molecule has 0 spiro atoms. The highest BCUT2D eigenvalue weighted by molar-refractivity contribution is 5.91. The minimum atomic E-state index is -0.531. The smallest absolute Gasteiger partial charge is 0.286 e. The van der Waals surface area contributed by atoms with E-state index in [0.29, 0.717) is 31.2 Å². The Kier molecular flexibility index (Phi) is 6.89. The number of carbonyl (C=O) groups is 1. The molecule has 164 valence electrons. The van der Waals surface area contributed by atoms with Gasteiger partial charge >= 0.3 is 0 Å². The maximum absolute atomic E-state index is 12.7. The number of ether oxygens (including phenoxy) is 3. The van der Waals surface area contributed by atoms with Crippen molar-refractivity contribution < 1.29 is 24.1 Å². The first-order valence-electron chi connectivity index (χ1n) is 10.8. The third kappa shape index (κ3) is 5.87. The number of carbonyl (C=O) groups excluding carboxylic acids is 1. The Morgan fingerprint density at radius 2 is 1.81 bits per heavy atom. The summed E-state index contributed by atoms with van der Waals surface area (Å²) in [5.41, 5.74) is 2.92. The van der Waals surface area contributed by atoms with Crippen LogP contribution in [0.4, 0.5) is 0 Å². The van der Waals surface area contributed by atoms with Crippen molar-refractivity contribution in [3.05, 3.63) is 77.1 Å². The van der Waals surface area contributed by atoms with Gasteiger partial charge in [-0.25, -0.2) is 0 Å². The lowest BCUT2D eigenvalue weighted by atomic mass is 9.93. The van der Waals surface area contributed by atoms with E-state index in [9.17, 15) is 9.90 Å². The lowest BCUT2D eigenvalue weighted by Crippen LogP contribution is -2.33. The second kappa shape index (κ2) is 9.98. The first kappa shape index (κ1) is 21.4. The molecule has 0 saturated heterocycles. The molecule has 0 radical (unpaired) electrons. The van der Waals surface area contributed by atoms with Gasteiger partial charge in [0.1, 0.15) is 5.75 Å². The van der Waals surface area contributed by atoms with Crippen LogP contribution < -0.4 is 10.1 Å². The van der Waals surface area contributed by atoms with E-state index in [1.165, 1.54) is 12.8 Å². The van der Waals surface area contributed by atoms with Crippen LogP contribution in [0.15, 0.2) is 60.4 Å². The van der Waals surface area contributed by atoms with Crippen LogP contribution in [0.2, 0.25) is 0 Å². The molecule has 1 fully saturated rings. The third-order valence-corrected chi connectivity index (χ3v) is 5.71. The molecule has 2 aliphatic rings. The van der Waals surface area contributed by atoms with Crippen molar-refractivity contribution in [1.29, 1.82) is 0 Å². The molecule has 2 atom stereocenters. The van der Waals surface area contributed by atoms with Gasteiger partial charge in [0.2, 0.25) is 6.29 Å². The standard InChI is InChI=1S/C25H29NO5/c1-29-22-10-8-20(9-11-22)21-12-23(25(28)26-14-17-2-3-17)31-24(13-21)30-16-19-6-4-18(15-27)5-7-19/h4-12,17,21,24,27H,2-3,13-16H2,1H3,(H,26,28)/t21-,24+/m0/s1. The third-order valence-electron chi connectivity index (χ3n) is 5.71. The van der Waals surface area contributed by atoms with Gasteiger partial charge in [0.25, 0.3) is 5.91 Å². The number of rotatable bonds is 9. The van der Waals surface area contributed by atoms with Crippen LogP contribution in [0.5, 0.6) is 5.75 Å². The number of hydrogen-bond donors (Lipinski definition) is 2. The van der Waals surface area contributed by atoms with Crippen LogP contribution in [0.3, 0.4) is 0 Å². The lowest BCUT2D eigenvalue weighted by molar-refractivity contribution is -0.150. The highest BCUT2D eigenvalue weighted by atomic mass is 16.7. The maximum atomic E-state index is 12.7. The quantitative estimate of drug-likeness (QED) is 0.644. The van der Waals surface area contributed by atoms with E-state index in [4.69, 9.17) is 14.2 Å². The number of aliphatic hydroxyl groups is 1. The maximum Gasteiger partial charge on any atom is 0.286 e. The number of allylic oxidation sites excluding steroid dienone is 1. The van der Waals surface area contributed by atoms with Gasteiger partial charge in [-0.15, -0.1) is 0 Å². The van der Waals surface area contributed by atoms with Gasteiger partial charge in [-0.3, -0.25) is 4.79 Å².